The third kappa shape index (κ3) is 2.87. The van der Waals surface area contributed by atoms with Crippen LogP contribution >= 0.6 is 11.3 Å². The van der Waals surface area contributed by atoms with Crippen molar-refractivity contribution in [2.24, 2.45) is 5.73 Å². The van der Waals surface area contributed by atoms with E-state index in [1.165, 1.54) is 0 Å². The Hall–Kier alpha value is -2.50. The molecule has 0 fully saturated rings. The molecular weight excluding hydrogens is 359 g/mol. The molecular formula is C22H21FN2OS. The molecule has 0 aliphatic rings. The summed E-state index contributed by atoms with van der Waals surface area (Å²) in [6.07, 6.45) is 1.90. The van der Waals surface area contributed by atoms with Crippen LogP contribution in [0.2, 0.25) is 0 Å². The van der Waals surface area contributed by atoms with Gasteiger partial charge in [0.25, 0.3) is 0 Å². The quantitative estimate of drug-likeness (QED) is 0.499. The molecule has 2 N–H and O–H groups in total. The number of thiophene rings is 1. The number of pyridine rings is 1. The highest BCUT2D eigenvalue weighted by molar-refractivity contribution is 7.17. The zero-order valence-electron chi connectivity index (χ0n) is 15.5. The van der Waals surface area contributed by atoms with Crippen LogP contribution < -0.4 is 10.5 Å². The summed E-state index contributed by atoms with van der Waals surface area (Å²) >= 11 is 1.65. The summed E-state index contributed by atoms with van der Waals surface area (Å²) in [4.78, 5) is 4.67. The number of ether oxygens (including phenoxy) is 1. The summed E-state index contributed by atoms with van der Waals surface area (Å²) in [6, 6.07) is 9.42. The topological polar surface area (TPSA) is 48.1 Å². The number of rotatable bonds is 4. The van der Waals surface area contributed by atoms with Gasteiger partial charge >= 0.3 is 0 Å². The van der Waals surface area contributed by atoms with Crippen molar-refractivity contribution in [3.8, 4) is 16.9 Å². The van der Waals surface area contributed by atoms with Gasteiger partial charge in [0.1, 0.15) is 11.6 Å². The summed E-state index contributed by atoms with van der Waals surface area (Å²) in [7, 11) is 1.65. The smallest absolute Gasteiger partial charge is 0.127 e. The van der Waals surface area contributed by atoms with Crippen molar-refractivity contribution in [1.82, 2.24) is 4.98 Å². The zero-order chi connectivity index (χ0) is 19.1. The van der Waals surface area contributed by atoms with Crippen LogP contribution in [0.1, 0.15) is 24.0 Å². The molecule has 3 nitrogen and oxygen atoms in total. The molecule has 5 heteroatoms. The number of fused-ring (bicyclic) bond motifs is 3. The third-order valence-electron chi connectivity index (χ3n) is 5.12. The minimum atomic E-state index is -0.244. The van der Waals surface area contributed by atoms with E-state index in [0.717, 1.165) is 43.4 Å². The standard InChI is InChI=1S/C22H21FN2OS/c1-12-8-18(26-3)20(14-4-5-15(13(2)10-24)17(23)9-14)21-16-6-7-27-19(16)11-25-22(12)21/h4-9,11,13H,10,24H2,1-3H3/t13-/m1/s1. The lowest BCUT2D eigenvalue weighted by Crippen LogP contribution is -2.10. The first-order valence-electron chi connectivity index (χ1n) is 8.88. The molecule has 2 aromatic carbocycles. The highest BCUT2D eigenvalue weighted by atomic mass is 32.1. The molecule has 4 rings (SSSR count). The molecule has 0 saturated carbocycles. The van der Waals surface area contributed by atoms with Gasteiger partial charge in [0.15, 0.2) is 0 Å². The second kappa shape index (κ2) is 6.91. The summed E-state index contributed by atoms with van der Waals surface area (Å²) < 4.78 is 21.6. The van der Waals surface area contributed by atoms with E-state index >= 15 is 0 Å². The fraction of sp³-hybridized carbons (Fsp3) is 0.227. The number of hydrogen-bond donors (Lipinski definition) is 1. The lowest BCUT2D eigenvalue weighted by atomic mass is 9.92. The molecule has 2 heterocycles. The predicted octanol–water partition coefficient (Wildman–Crippen LogP) is 5.63. The molecule has 0 spiro atoms. The van der Waals surface area contributed by atoms with Gasteiger partial charge in [0.2, 0.25) is 0 Å². The molecule has 0 saturated heterocycles. The maximum atomic E-state index is 14.8. The fourth-order valence-electron chi connectivity index (χ4n) is 3.61. The molecule has 0 amide bonds. The number of methoxy groups -OCH3 is 1. The number of nitrogens with two attached hydrogens (primary N) is 1. The zero-order valence-corrected chi connectivity index (χ0v) is 16.4. The van der Waals surface area contributed by atoms with Gasteiger partial charge in [-0.1, -0.05) is 19.1 Å². The molecule has 0 aliphatic carbocycles. The van der Waals surface area contributed by atoms with E-state index in [0.29, 0.717) is 12.1 Å². The molecule has 4 aromatic rings. The summed E-state index contributed by atoms with van der Waals surface area (Å²) in [5.41, 5.74) is 9.95. The van der Waals surface area contributed by atoms with Gasteiger partial charge in [-0.3, -0.25) is 4.98 Å². The second-order valence-electron chi connectivity index (χ2n) is 6.82. The Balaban J connectivity index is 2.07. The van der Waals surface area contributed by atoms with Crippen molar-refractivity contribution in [2.75, 3.05) is 13.7 Å². The summed E-state index contributed by atoms with van der Waals surface area (Å²) in [5.74, 6) is 0.451. The SMILES string of the molecule is COc1cc(C)c2ncc3sccc3c2c1-c1ccc([C@H](C)CN)c(F)c1. The van der Waals surface area contributed by atoms with Crippen molar-refractivity contribution in [3.05, 3.63) is 58.9 Å². The van der Waals surface area contributed by atoms with Crippen LogP contribution in [0.3, 0.4) is 0 Å². The van der Waals surface area contributed by atoms with Crippen molar-refractivity contribution < 1.29 is 9.13 Å². The molecule has 0 aliphatic heterocycles. The lowest BCUT2D eigenvalue weighted by Gasteiger charge is -2.17. The van der Waals surface area contributed by atoms with Crippen LogP contribution in [-0.4, -0.2) is 18.6 Å². The van der Waals surface area contributed by atoms with Crippen molar-refractivity contribution >= 4 is 32.3 Å². The van der Waals surface area contributed by atoms with E-state index in [-0.39, 0.29) is 11.7 Å². The van der Waals surface area contributed by atoms with Crippen LogP contribution in [0.5, 0.6) is 5.75 Å². The number of aromatic nitrogens is 1. The Morgan fingerprint density at radius 1 is 1.26 bits per heavy atom. The van der Waals surface area contributed by atoms with E-state index in [1.807, 2.05) is 38.2 Å². The average Bonchev–Trinajstić information content (AvgIpc) is 3.16. The lowest BCUT2D eigenvalue weighted by molar-refractivity contribution is 0.416. The van der Waals surface area contributed by atoms with Gasteiger partial charge in [-0.2, -0.15) is 0 Å². The first kappa shape index (κ1) is 17.9. The second-order valence-corrected chi connectivity index (χ2v) is 7.77. The number of benzene rings is 2. The third-order valence-corrected chi connectivity index (χ3v) is 5.97. The Bertz CT molecular complexity index is 1150. The van der Waals surface area contributed by atoms with Crippen molar-refractivity contribution in [2.45, 2.75) is 19.8 Å². The van der Waals surface area contributed by atoms with E-state index in [2.05, 4.69) is 16.4 Å². The Labute approximate surface area is 161 Å². The maximum absolute atomic E-state index is 14.8. The highest BCUT2D eigenvalue weighted by Gasteiger charge is 2.19. The Morgan fingerprint density at radius 2 is 2.07 bits per heavy atom. The molecule has 2 aromatic heterocycles. The number of halogens is 1. The van der Waals surface area contributed by atoms with E-state index < -0.39 is 0 Å². The normalized spacial score (nSPS) is 12.6. The Kier molecular flexibility index (Phi) is 4.58. The van der Waals surface area contributed by atoms with Crippen molar-refractivity contribution in [1.29, 1.82) is 0 Å². The highest BCUT2D eigenvalue weighted by Crippen LogP contribution is 2.43. The van der Waals surface area contributed by atoms with Gasteiger partial charge in [0, 0.05) is 22.5 Å². The molecule has 0 bridgehead atoms. The van der Waals surface area contributed by atoms with E-state index in [4.69, 9.17) is 10.5 Å². The molecule has 0 radical (unpaired) electrons. The van der Waals surface area contributed by atoms with Gasteiger partial charge in [-0.25, -0.2) is 4.39 Å². The predicted molar refractivity (Wildman–Crippen MR) is 111 cm³/mol. The molecule has 1 atom stereocenters. The summed E-state index contributed by atoms with van der Waals surface area (Å²) in [5, 5.41) is 4.17. The number of nitrogens with zero attached hydrogens (tertiary/aromatic N) is 1. The summed E-state index contributed by atoms with van der Waals surface area (Å²) in [6.45, 7) is 4.36. The van der Waals surface area contributed by atoms with Gasteiger partial charge in [-0.05, 0) is 59.7 Å². The maximum Gasteiger partial charge on any atom is 0.127 e. The fourth-order valence-corrected chi connectivity index (χ4v) is 4.37. The average molecular weight is 380 g/mol. The minimum absolute atomic E-state index is 0.0269. The van der Waals surface area contributed by atoms with Crippen LogP contribution in [0.15, 0.2) is 41.9 Å². The van der Waals surface area contributed by atoms with Crippen LogP contribution in [0.4, 0.5) is 4.39 Å². The monoisotopic (exact) mass is 380 g/mol. The minimum Gasteiger partial charge on any atom is -0.496 e. The molecule has 138 valence electrons. The van der Waals surface area contributed by atoms with Crippen molar-refractivity contribution in [3.63, 3.8) is 0 Å². The van der Waals surface area contributed by atoms with Crippen LogP contribution in [0, 0.1) is 12.7 Å². The van der Waals surface area contributed by atoms with Gasteiger partial charge < -0.3 is 10.5 Å². The Morgan fingerprint density at radius 3 is 2.78 bits per heavy atom. The first-order chi connectivity index (χ1) is 13.0. The van der Waals surface area contributed by atoms with Gasteiger partial charge in [-0.15, -0.1) is 11.3 Å². The van der Waals surface area contributed by atoms with Crippen LogP contribution in [0.25, 0.3) is 32.1 Å². The number of aryl methyl sites for hydroxylation is 1. The van der Waals surface area contributed by atoms with Gasteiger partial charge in [0.05, 0.1) is 17.3 Å². The van der Waals surface area contributed by atoms with E-state index in [9.17, 15) is 4.39 Å². The van der Waals surface area contributed by atoms with Crippen LogP contribution in [-0.2, 0) is 0 Å². The number of hydrogen-bond acceptors (Lipinski definition) is 4. The molecule has 0 unspecified atom stereocenters. The van der Waals surface area contributed by atoms with E-state index in [1.54, 1.807) is 24.5 Å². The molecule has 27 heavy (non-hydrogen) atoms. The first-order valence-corrected chi connectivity index (χ1v) is 9.76. The largest absolute Gasteiger partial charge is 0.496 e.